The molecule has 2 aliphatic rings. The molecule has 3 N–H and O–H groups in total. The summed E-state index contributed by atoms with van der Waals surface area (Å²) in [5, 5.41) is 9.47. The molecular weight excluding hydrogens is 200 g/mol. The van der Waals surface area contributed by atoms with Gasteiger partial charge in [-0.3, -0.25) is 4.90 Å². The maximum absolute atomic E-state index is 9.47. The lowest BCUT2D eigenvalue weighted by Crippen LogP contribution is -2.54. The molecule has 0 radical (unpaired) electrons. The summed E-state index contributed by atoms with van der Waals surface area (Å²) in [7, 11) is 0. The Bertz CT molecular complexity index is 210. The van der Waals surface area contributed by atoms with Crippen LogP contribution in [0.15, 0.2) is 0 Å². The number of rotatable bonds is 2. The first-order valence-corrected chi connectivity index (χ1v) is 6.95. The number of piperidine rings is 1. The zero-order chi connectivity index (χ0) is 11.4. The van der Waals surface area contributed by atoms with Crippen LogP contribution in [-0.2, 0) is 0 Å². The van der Waals surface area contributed by atoms with Crippen molar-refractivity contribution in [2.45, 2.75) is 69.5 Å². The van der Waals surface area contributed by atoms with Crippen LogP contribution in [0.3, 0.4) is 0 Å². The Labute approximate surface area is 99.0 Å². The van der Waals surface area contributed by atoms with Crippen LogP contribution in [0.25, 0.3) is 0 Å². The summed E-state index contributed by atoms with van der Waals surface area (Å²) >= 11 is 0. The van der Waals surface area contributed by atoms with Crippen LogP contribution in [0.1, 0.15) is 51.4 Å². The van der Waals surface area contributed by atoms with Gasteiger partial charge in [0, 0.05) is 18.1 Å². The standard InChI is InChI=1S/C13H26N2O/c14-12-7-2-1-3-8-13(12)15-9-5-4-6-11(15)10-16/h11-13,16H,1-10,14H2. The predicted molar refractivity (Wildman–Crippen MR) is 66.3 cm³/mol. The number of nitrogens with two attached hydrogens (primary N) is 1. The molecule has 1 saturated heterocycles. The van der Waals surface area contributed by atoms with E-state index in [2.05, 4.69) is 4.90 Å². The van der Waals surface area contributed by atoms with Crippen molar-refractivity contribution < 1.29 is 5.11 Å². The third-order valence-corrected chi connectivity index (χ3v) is 4.34. The predicted octanol–water partition coefficient (Wildman–Crippen LogP) is 1.49. The fourth-order valence-electron chi connectivity index (χ4n) is 3.38. The highest BCUT2D eigenvalue weighted by molar-refractivity contribution is 4.89. The Morgan fingerprint density at radius 1 is 1.00 bits per heavy atom. The van der Waals surface area contributed by atoms with Crippen molar-refractivity contribution in [1.29, 1.82) is 0 Å². The Morgan fingerprint density at radius 3 is 2.56 bits per heavy atom. The van der Waals surface area contributed by atoms with Crippen LogP contribution < -0.4 is 5.73 Å². The molecule has 2 fully saturated rings. The monoisotopic (exact) mass is 226 g/mol. The topological polar surface area (TPSA) is 49.5 Å². The minimum Gasteiger partial charge on any atom is -0.395 e. The number of aliphatic hydroxyl groups is 1. The van der Waals surface area contributed by atoms with Gasteiger partial charge in [0.15, 0.2) is 0 Å². The summed E-state index contributed by atoms with van der Waals surface area (Å²) in [4.78, 5) is 2.51. The molecule has 3 heteroatoms. The average Bonchev–Trinajstić information content (AvgIpc) is 2.54. The largest absolute Gasteiger partial charge is 0.395 e. The van der Waals surface area contributed by atoms with Crippen LogP contribution >= 0.6 is 0 Å². The number of hydrogen-bond donors (Lipinski definition) is 2. The van der Waals surface area contributed by atoms with Crippen LogP contribution in [0.2, 0.25) is 0 Å². The Kier molecular flexibility index (Phi) is 4.62. The Balaban J connectivity index is 2.01. The third kappa shape index (κ3) is 2.76. The van der Waals surface area contributed by atoms with Crippen LogP contribution in [0.4, 0.5) is 0 Å². The molecule has 94 valence electrons. The van der Waals surface area contributed by atoms with Gasteiger partial charge in [-0.15, -0.1) is 0 Å². The first-order chi connectivity index (χ1) is 7.83. The first kappa shape index (κ1) is 12.3. The van der Waals surface area contributed by atoms with Gasteiger partial charge in [-0.1, -0.05) is 25.7 Å². The van der Waals surface area contributed by atoms with E-state index in [1.165, 1.54) is 44.9 Å². The summed E-state index contributed by atoms with van der Waals surface area (Å²) in [5.74, 6) is 0. The number of hydrogen-bond acceptors (Lipinski definition) is 3. The molecule has 0 amide bonds. The number of nitrogens with zero attached hydrogens (tertiary/aromatic N) is 1. The van der Waals surface area contributed by atoms with Crippen LogP contribution in [-0.4, -0.2) is 41.3 Å². The third-order valence-electron chi connectivity index (χ3n) is 4.34. The quantitative estimate of drug-likeness (QED) is 0.701. The maximum Gasteiger partial charge on any atom is 0.0586 e. The second-order valence-electron chi connectivity index (χ2n) is 5.44. The second kappa shape index (κ2) is 5.99. The van der Waals surface area contributed by atoms with E-state index in [0.717, 1.165) is 13.0 Å². The SMILES string of the molecule is NC1CCCCCC1N1CCCCC1CO. The average molecular weight is 226 g/mol. The molecular formula is C13H26N2O. The van der Waals surface area contributed by atoms with Crippen LogP contribution in [0.5, 0.6) is 0 Å². The van der Waals surface area contributed by atoms with Gasteiger partial charge >= 0.3 is 0 Å². The lowest BCUT2D eigenvalue weighted by molar-refractivity contribution is 0.0402. The van der Waals surface area contributed by atoms with Gasteiger partial charge in [0.1, 0.15) is 0 Å². The highest BCUT2D eigenvalue weighted by atomic mass is 16.3. The highest BCUT2D eigenvalue weighted by Crippen LogP contribution is 2.27. The Hall–Kier alpha value is -0.120. The van der Waals surface area contributed by atoms with Crippen molar-refractivity contribution in [2.24, 2.45) is 5.73 Å². The van der Waals surface area contributed by atoms with Crippen molar-refractivity contribution in [3.63, 3.8) is 0 Å². The van der Waals surface area contributed by atoms with E-state index in [4.69, 9.17) is 5.73 Å². The molecule has 2 rings (SSSR count). The van der Waals surface area contributed by atoms with E-state index in [1.54, 1.807) is 0 Å². The fraction of sp³-hybridized carbons (Fsp3) is 1.00. The Morgan fingerprint density at radius 2 is 1.75 bits per heavy atom. The van der Waals surface area contributed by atoms with Gasteiger partial charge in [0.05, 0.1) is 6.61 Å². The molecule has 16 heavy (non-hydrogen) atoms. The summed E-state index contributed by atoms with van der Waals surface area (Å²) < 4.78 is 0. The molecule has 0 aromatic carbocycles. The zero-order valence-corrected chi connectivity index (χ0v) is 10.3. The lowest BCUT2D eigenvalue weighted by Gasteiger charge is -2.42. The van der Waals surface area contributed by atoms with Gasteiger partial charge in [0.2, 0.25) is 0 Å². The molecule has 0 aromatic heterocycles. The zero-order valence-electron chi connectivity index (χ0n) is 10.3. The van der Waals surface area contributed by atoms with E-state index in [1.807, 2.05) is 0 Å². The van der Waals surface area contributed by atoms with E-state index >= 15 is 0 Å². The van der Waals surface area contributed by atoms with E-state index in [9.17, 15) is 5.11 Å². The van der Waals surface area contributed by atoms with Gasteiger partial charge in [-0.25, -0.2) is 0 Å². The highest BCUT2D eigenvalue weighted by Gasteiger charge is 2.32. The lowest BCUT2D eigenvalue weighted by atomic mass is 9.95. The number of likely N-dealkylation sites (tertiary alicyclic amines) is 1. The molecule has 3 nitrogen and oxygen atoms in total. The van der Waals surface area contributed by atoms with Gasteiger partial charge in [-0.05, 0) is 32.2 Å². The molecule has 0 spiro atoms. The van der Waals surface area contributed by atoms with Crippen molar-refractivity contribution >= 4 is 0 Å². The van der Waals surface area contributed by atoms with Crippen molar-refractivity contribution in [3.8, 4) is 0 Å². The normalized spacial score (nSPS) is 38.2. The molecule has 1 aliphatic carbocycles. The molecule has 1 saturated carbocycles. The van der Waals surface area contributed by atoms with Gasteiger partial charge < -0.3 is 10.8 Å². The van der Waals surface area contributed by atoms with Gasteiger partial charge in [-0.2, -0.15) is 0 Å². The summed E-state index contributed by atoms with van der Waals surface area (Å²) in [6, 6.07) is 1.23. The molecule has 0 aromatic rings. The van der Waals surface area contributed by atoms with Gasteiger partial charge in [0.25, 0.3) is 0 Å². The smallest absolute Gasteiger partial charge is 0.0586 e. The second-order valence-corrected chi connectivity index (χ2v) is 5.44. The maximum atomic E-state index is 9.47. The van der Waals surface area contributed by atoms with Crippen LogP contribution in [0, 0.1) is 0 Å². The minimum atomic E-state index is 0.309. The summed E-state index contributed by atoms with van der Waals surface area (Å²) in [6.07, 6.45) is 10.0. The summed E-state index contributed by atoms with van der Waals surface area (Å²) in [5.41, 5.74) is 6.30. The molecule has 3 atom stereocenters. The van der Waals surface area contributed by atoms with E-state index < -0.39 is 0 Å². The van der Waals surface area contributed by atoms with E-state index in [-0.39, 0.29) is 0 Å². The van der Waals surface area contributed by atoms with E-state index in [0.29, 0.717) is 24.7 Å². The molecule has 1 heterocycles. The van der Waals surface area contributed by atoms with Crippen molar-refractivity contribution in [1.82, 2.24) is 4.90 Å². The number of aliphatic hydroxyl groups excluding tert-OH is 1. The molecule has 1 aliphatic heterocycles. The first-order valence-electron chi connectivity index (χ1n) is 6.95. The molecule has 0 bridgehead atoms. The van der Waals surface area contributed by atoms with Crippen molar-refractivity contribution in [3.05, 3.63) is 0 Å². The minimum absolute atomic E-state index is 0.309. The van der Waals surface area contributed by atoms with Crippen molar-refractivity contribution in [2.75, 3.05) is 13.2 Å². The fourth-order valence-corrected chi connectivity index (χ4v) is 3.38. The summed E-state index contributed by atoms with van der Waals surface area (Å²) in [6.45, 7) is 1.45. The molecule has 3 unspecified atom stereocenters.